The molecule has 0 bridgehead atoms. The molecule has 142 valence electrons. The van der Waals surface area contributed by atoms with E-state index in [1.165, 1.54) is 0 Å². The minimum absolute atomic E-state index is 0.116. The van der Waals surface area contributed by atoms with E-state index < -0.39 is 0 Å². The topological polar surface area (TPSA) is 38.1 Å². The highest BCUT2D eigenvalue weighted by atomic mass is 35.5. The Balaban J connectivity index is 1.58. The van der Waals surface area contributed by atoms with Crippen LogP contribution in [0.2, 0.25) is 10.0 Å². The van der Waals surface area contributed by atoms with E-state index in [2.05, 4.69) is 17.6 Å². The number of fused-ring (bicyclic) bond motifs is 1. The molecule has 0 atom stereocenters. The summed E-state index contributed by atoms with van der Waals surface area (Å²) in [6, 6.07) is 13.7. The molecule has 3 rings (SSSR count). The smallest absolute Gasteiger partial charge is 0.222 e. The maximum Gasteiger partial charge on any atom is 0.222 e. The van der Waals surface area contributed by atoms with Crippen LogP contribution in [0.25, 0.3) is 11.0 Å². The van der Waals surface area contributed by atoms with Crippen molar-refractivity contribution in [1.29, 1.82) is 0 Å². The zero-order chi connectivity index (χ0) is 19.4. The van der Waals surface area contributed by atoms with Crippen LogP contribution >= 0.6 is 23.2 Å². The number of hydrogen-bond donors (Lipinski definition) is 0. The molecular weight excluding hydrogens is 381 g/mol. The van der Waals surface area contributed by atoms with Crippen molar-refractivity contribution in [3.05, 3.63) is 63.9 Å². The molecule has 1 heterocycles. The maximum atomic E-state index is 12.5. The van der Waals surface area contributed by atoms with Gasteiger partial charge in [-0.1, -0.05) is 41.4 Å². The molecule has 1 aromatic heterocycles. The number of nitrogens with zero attached hydrogens (tertiary/aromatic N) is 3. The Morgan fingerprint density at radius 3 is 2.67 bits per heavy atom. The number of carbonyl (C=O) groups excluding carboxylic acids is 1. The van der Waals surface area contributed by atoms with Crippen LogP contribution in [-0.2, 0) is 24.3 Å². The van der Waals surface area contributed by atoms with E-state index in [1.54, 1.807) is 11.0 Å². The number of carbonyl (C=O) groups is 1. The van der Waals surface area contributed by atoms with Gasteiger partial charge in [-0.25, -0.2) is 4.98 Å². The highest BCUT2D eigenvalue weighted by Gasteiger charge is 2.15. The molecule has 0 saturated heterocycles. The lowest BCUT2D eigenvalue weighted by Crippen LogP contribution is -2.27. The second kappa shape index (κ2) is 8.77. The van der Waals surface area contributed by atoms with Crippen LogP contribution in [0.5, 0.6) is 0 Å². The first-order valence-electron chi connectivity index (χ1n) is 9.11. The van der Waals surface area contributed by atoms with Crippen molar-refractivity contribution in [3.8, 4) is 0 Å². The van der Waals surface area contributed by atoms with Gasteiger partial charge >= 0.3 is 0 Å². The highest BCUT2D eigenvalue weighted by Crippen LogP contribution is 2.23. The summed E-state index contributed by atoms with van der Waals surface area (Å²) in [6.07, 6.45) is 2.05. The molecule has 0 unspecified atom stereocenters. The molecule has 6 heteroatoms. The summed E-state index contributed by atoms with van der Waals surface area (Å²) in [5.41, 5.74) is 3.16. The second-order valence-electron chi connectivity index (χ2n) is 6.61. The molecule has 27 heavy (non-hydrogen) atoms. The number of rotatable bonds is 7. The first-order valence-corrected chi connectivity index (χ1v) is 9.87. The third-order valence-corrected chi connectivity index (χ3v) is 5.43. The van der Waals surface area contributed by atoms with Crippen molar-refractivity contribution in [2.45, 2.75) is 39.3 Å². The van der Waals surface area contributed by atoms with Gasteiger partial charge in [0.25, 0.3) is 0 Å². The van der Waals surface area contributed by atoms with Gasteiger partial charge in [0.2, 0.25) is 5.91 Å². The number of amides is 1. The van der Waals surface area contributed by atoms with Crippen molar-refractivity contribution < 1.29 is 4.79 Å². The van der Waals surface area contributed by atoms with Crippen LogP contribution in [-0.4, -0.2) is 27.4 Å². The molecule has 0 saturated carbocycles. The number of aromatic nitrogens is 2. The van der Waals surface area contributed by atoms with Crippen molar-refractivity contribution in [1.82, 2.24) is 14.5 Å². The zero-order valence-electron chi connectivity index (χ0n) is 15.6. The predicted octanol–water partition coefficient (Wildman–Crippen LogP) is 5.34. The largest absolute Gasteiger partial charge is 0.338 e. The molecular formula is C21H23Cl2N3O. The lowest BCUT2D eigenvalue weighted by molar-refractivity contribution is -0.130. The van der Waals surface area contributed by atoms with Crippen LogP contribution in [0, 0.1) is 0 Å². The van der Waals surface area contributed by atoms with E-state index in [-0.39, 0.29) is 5.91 Å². The van der Waals surface area contributed by atoms with E-state index >= 15 is 0 Å². The summed E-state index contributed by atoms with van der Waals surface area (Å²) in [5, 5.41) is 1.10. The third-order valence-electron chi connectivity index (χ3n) is 4.69. The number of para-hydroxylation sites is 2. The van der Waals surface area contributed by atoms with Crippen LogP contribution in [0.15, 0.2) is 42.5 Å². The fourth-order valence-electron chi connectivity index (χ4n) is 3.23. The highest BCUT2D eigenvalue weighted by molar-refractivity contribution is 6.42. The molecule has 0 aliphatic rings. The van der Waals surface area contributed by atoms with Gasteiger partial charge in [-0.3, -0.25) is 4.79 Å². The summed E-state index contributed by atoms with van der Waals surface area (Å²) in [7, 11) is 1.83. The van der Waals surface area contributed by atoms with Gasteiger partial charge < -0.3 is 9.47 Å². The molecule has 0 spiro atoms. The Morgan fingerprint density at radius 1 is 1.15 bits per heavy atom. The molecule has 3 aromatic rings. The maximum absolute atomic E-state index is 12.5. The number of aryl methyl sites for hydroxylation is 2. The van der Waals surface area contributed by atoms with Crippen LogP contribution < -0.4 is 0 Å². The van der Waals surface area contributed by atoms with E-state index in [1.807, 2.05) is 37.4 Å². The van der Waals surface area contributed by atoms with Crippen molar-refractivity contribution in [2.24, 2.45) is 0 Å². The number of benzene rings is 2. The second-order valence-corrected chi connectivity index (χ2v) is 7.43. The van der Waals surface area contributed by atoms with Gasteiger partial charge in [-0.15, -0.1) is 0 Å². The van der Waals surface area contributed by atoms with E-state index in [9.17, 15) is 4.79 Å². The fourth-order valence-corrected chi connectivity index (χ4v) is 3.55. The van der Waals surface area contributed by atoms with E-state index in [0.29, 0.717) is 23.0 Å². The third kappa shape index (κ3) is 4.63. The van der Waals surface area contributed by atoms with Gasteiger partial charge in [-0.2, -0.15) is 0 Å². The zero-order valence-corrected chi connectivity index (χ0v) is 17.1. The van der Waals surface area contributed by atoms with Crippen molar-refractivity contribution >= 4 is 40.1 Å². The lowest BCUT2D eigenvalue weighted by Gasteiger charge is -2.17. The van der Waals surface area contributed by atoms with Crippen LogP contribution in [0.1, 0.15) is 31.2 Å². The van der Waals surface area contributed by atoms with Crippen molar-refractivity contribution in [2.75, 3.05) is 7.05 Å². The molecule has 0 N–H and O–H groups in total. The Bertz CT molecular complexity index is 952. The van der Waals surface area contributed by atoms with Crippen molar-refractivity contribution in [3.63, 3.8) is 0 Å². The summed E-state index contributed by atoms with van der Waals surface area (Å²) < 4.78 is 2.16. The van der Waals surface area contributed by atoms with Crippen LogP contribution in [0.3, 0.4) is 0 Å². The van der Waals surface area contributed by atoms with E-state index in [4.69, 9.17) is 28.2 Å². The molecule has 0 fully saturated rings. The average Bonchev–Trinajstić information content (AvgIpc) is 3.01. The molecule has 2 aromatic carbocycles. The Hall–Kier alpha value is -2.04. The number of halogens is 2. The van der Waals surface area contributed by atoms with Gasteiger partial charge in [-0.05, 0) is 49.6 Å². The first kappa shape index (κ1) is 19.7. The molecule has 4 nitrogen and oxygen atoms in total. The van der Waals surface area contributed by atoms with Gasteiger partial charge in [0.15, 0.2) is 0 Å². The number of hydrogen-bond acceptors (Lipinski definition) is 2. The van der Waals surface area contributed by atoms with Gasteiger partial charge in [0, 0.05) is 20.0 Å². The van der Waals surface area contributed by atoms with Crippen LogP contribution in [0.4, 0.5) is 0 Å². The summed E-state index contributed by atoms with van der Waals surface area (Å²) in [6.45, 7) is 3.43. The van der Waals surface area contributed by atoms with E-state index in [0.717, 1.165) is 41.8 Å². The standard InChI is InChI=1S/C21H23Cl2N3O/c1-3-26-19-9-5-4-8-18(19)24-20(26)14-25(2)21(27)10-6-7-15-11-12-16(22)17(23)13-15/h4-5,8-9,11-13H,3,6-7,10,14H2,1-2H3. The molecule has 0 radical (unpaired) electrons. The Morgan fingerprint density at radius 2 is 1.93 bits per heavy atom. The minimum Gasteiger partial charge on any atom is -0.338 e. The van der Waals surface area contributed by atoms with Gasteiger partial charge in [0.1, 0.15) is 5.82 Å². The first-order chi connectivity index (χ1) is 13.0. The monoisotopic (exact) mass is 403 g/mol. The number of imidazole rings is 1. The SMILES string of the molecule is CCn1c(CN(C)C(=O)CCCc2ccc(Cl)c(Cl)c2)nc2ccccc21. The lowest BCUT2D eigenvalue weighted by atomic mass is 10.1. The normalized spacial score (nSPS) is 11.1. The Kier molecular flexibility index (Phi) is 6.40. The predicted molar refractivity (Wildman–Crippen MR) is 111 cm³/mol. The summed E-state index contributed by atoms with van der Waals surface area (Å²) in [4.78, 5) is 19.0. The minimum atomic E-state index is 0.116. The summed E-state index contributed by atoms with van der Waals surface area (Å²) in [5.74, 6) is 1.03. The quantitative estimate of drug-likeness (QED) is 0.533. The summed E-state index contributed by atoms with van der Waals surface area (Å²) >= 11 is 12.0. The van der Waals surface area contributed by atoms with Gasteiger partial charge in [0.05, 0.1) is 27.6 Å². The molecule has 1 amide bonds. The average molecular weight is 404 g/mol. The Labute approximate surface area is 169 Å². The fraction of sp³-hybridized carbons (Fsp3) is 0.333. The molecule has 0 aliphatic heterocycles. The molecule has 0 aliphatic carbocycles.